The van der Waals surface area contributed by atoms with Crippen LogP contribution in [-0.2, 0) is 33.3 Å². The van der Waals surface area contributed by atoms with Gasteiger partial charge >= 0.3 is 0 Å². The van der Waals surface area contributed by atoms with Crippen LogP contribution in [0.4, 0.5) is 5.69 Å². The van der Waals surface area contributed by atoms with Crippen molar-refractivity contribution in [1.29, 1.82) is 0 Å². The number of carbonyl (C=O) groups is 2. The zero-order valence-electron chi connectivity index (χ0n) is 25.9. The third-order valence-corrected chi connectivity index (χ3v) is 12.5. The number of aromatic hydroxyl groups is 1. The maximum Gasteiger partial charge on any atom is 0.232 e. The fourth-order valence-electron chi connectivity index (χ4n) is 10.1. The van der Waals surface area contributed by atoms with Crippen molar-refractivity contribution in [2.45, 2.75) is 103 Å². The number of aryl methyl sites for hydroxylation is 2. The minimum atomic E-state index is -0.625. The van der Waals surface area contributed by atoms with Crippen molar-refractivity contribution in [3.63, 3.8) is 0 Å². The van der Waals surface area contributed by atoms with Gasteiger partial charge in [0.2, 0.25) is 11.8 Å². The maximum absolute atomic E-state index is 14.3. The Morgan fingerprint density at radius 1 is 0.756 bits per heavy atom. The third-order valence-electron chi connectivity index (χ3n) is 12.5. The van der Waals surface area contributed by atoms with E-state index in [0.717, 1.165) is 64.2 Å². The quantitative estimate of drug-likeness (QED) is 0.407. The molecule has 0 spiro atoms. The highest BCUT2D eigenvalue weighted by Crippen LogP contribution is 2.59. The van der Waals surface area contributed by atoms with Crippen LogP contribution in [0.2, 0.25) is 0 Å². The molecular formula is C36H48N2O3. The molecule has 4 aliphatic carbocycles. The molecule has 6 rings (SSSR count). The second kappa shape index (κ2) is 9.61. The topological polar surface area (TPSA) is 69.6 Å². The van der Waals surface area contributed by atoms with E-state index in [4.69, 9.17) is 0 Å². The van der Waals surface area contributed by atoms with E-state index in [1.165, 1.54) is 27.9 Å². The number of phenols is 1. The van der Waals surface area contributed by atoms with Crippen molar-refractivity contribution in [3.05, 3.63) is 58.7 Å². The number of amides is 2. The molecule has 0 aromatic heterocycles. The number of anilines is 1. The summed E-state index contributed by atoms with van der Waals surface area (Å²) < 4.78 is 0. The lowest BCUT2D eigenvalue weighted by atomic mass is 9.49. The van der Waals surface area contributed by atoms with Gasteiger partial charge in [-0.1, -0.05) is 52.7 Å². The van der Waals surface area contributed by atoms with Crippen molar-refractivity contribution in [2.24, 2.45) is 22.7 Å². The molecule has 2 aromatic rings. The van der Waals surface area contributed by atoms with E-state index >= 15 is 0 Å². The average Bonchev–Trinajstić information content (AvgIpc) is 2.92. The van der Waals surface area contributed by atoms with E-state index in [2.05, 4.69) is 70.2 Å². The smallest absolute Gasteiger partial charge is 0.232 e. The van der Waals surface area contributed by atoms with Gasteiger partial charge < -0.3 is 10.0 Å². The van der Waals surface area contributed by atoms with Gasteiger partial charge in [-0.15, -0.1) is 0 Å². The Morgan fingerprint density at radius 2 is 1.24 bits per heavy atom. The van der Waals surface area contributed by atoms with Gasteiger partial charge in [-0.2, -0.15) is 0 Å². The molecule has 0 heterocycles. The number of nitrogens with one attached hydrogen (secondary N) is 1. The molecule has 2 fully saturated rings. The molecule has 0 aliphatic heterocycles. The van der Waals surface area contributed by atoms with Crippen molar-refractivity contribution in [2.75, 3.05) is 19.0 Å². The highest BCUT2D eigenvalue weighted by Gasteiger charge is 2.58. The van der Waals surface area contributed by atoms with E-state index in [0.29, 0.717) is 0 Å². The highest BCUT2D eigenvalue weighted by molar-refractivity contribution is 6.00. The number of hydrogen-bond acceptors (Lipinski definition) is 4. The number of hydrogen-bond donors (Lipinski definition) is 2. The molecule has 220 valence electrons. The van der Waals surface area contributed by atoms with E-state index in [-0.39, 0.29) is 40.2 Å². The first-order chi connectivity index (χ1) is 19.3. The molecule has 5 heteroatoms. The highest BCUT2D eigenvalue weighted by atomic mass is 16.3. The summed E-state index contributed by atoms with van der Waals surface area (Å²) in [6.45, 7) is 8.87. The van der Waals surface area contributed by atoms with Crippen molar-refractivity contribution in [3.8, 4) is 5.75 Å². The van der Waals surface area contributed by atoms with E-state index < -0.39 is 10.8 Å². The summed E-state index contributed by atoms with van der Waals surface area (Å²) in [4.78, 5) is 30.7. The summed E-state index contributed by atoms with van der Waals surface area (Å²) in [5, 5.41) is 13.4. The molecule has 2 saturated carbocycles. The summed E-state index contributed by atoms with van der Waals surface area (Å²) in [7, 11) is 4.16. The normalized spacial score (nSPS) is 35.8. The number of phenolic OH excluding ortho intramolecular Hbond substituents is 1. The van der Waals surface area contributed by atoms with Crippen LogP contribution in [0.5, 0.6) is 5.75 Å². The van der Waals surface area contributed by atoms with Crippen molar-refractivity contribution < 1.29 is 14.7 Å². The summed E-state index contributed by atoms with van der Waals surface area (Å²) in [5.41, 5.74) is 4.98. The predicted molar refractivity (Wildman–Crippen MR) is 164 cm³/mol. The Morgan fingerprint density at radius 3 is 1.76 bits per heavy atom. The van der Waals surface area contributed by atoms with Crippen LogP contribution in [0.15, 0.2) is 36.4 Å². The molecule has 0 radical (unpaired) electrons. The van der Waals surface area contributed by atoms with Gasteiger partial charge in [0.25, 0.3) is 0 Å². The Kier molecular flexibility index (Phi) is 6.63. The van der Waals surface area contributed by atoms with E-state index in [9.17, 15) is 14.7 Å². The van der Waals surface area contributed by atoms with Gasteiger partial charge in [-0.05, 0) is 121 Å². The molecular weight excluding hydrogens is 508 g/mol. The summed E-state index contributed by atoms with van der Waals surface area (Å²) in [6.07, 6.45) is 9.37. The molecule has 0 bridgehead atoms. The number of fused-ring (bicyclic) bond motifs is 6. The largest absolute Gasteiger partial charge is 0.508 e. The van der Waals surface area contributed by atoms with Gasteiger partial charge in [0, 0.05) is 19.8 Å². The summed E-state index contributed by atoms with van der Waals surface area (Å²) >= 11 is 0. The van der Waals surface area contributed by atoms with Crippen LogP contribution in [0.25, 0.3) is 0 Å². The molecule has 0 saturated heterocycles. The summed E-state index contributed by atoms with van der Waals surface area (Å²) in [6, 6.07) is 12.6. The molecule has 6 atom stereocenters. The molecule has 2 N–H and O–H groups in total. The monoisotopic (exact) mass is 556 g/mol. The second-order valence-electron chi connectivity index (χ2n) is 14.9. The predicted octanol–water partition coefficient (Wildman–Crippen LogP) is 6.82. The fourth-order valence-corrected chi connectivity index (χ4v) is 10.1. The van der Waals surface area contributed by atoms with Gasteiger partial charge in [-0.3, -0.25) is 14.9 Å². The average molecular weight is 557 g/mol. The van der Waals surface area contributed by atoms with Crippen LogP contribution in [0.1, 0.15) is 101 Å². The Labute approximate surface area is 246 Å². The van der Waals surface area contributed by atoms with Crippen LogP contribution in [0, 0.1) is 22.7 Å². The number of benzene rings is 2. The first-order valence-corrected chi connectivity index (χ1v) is 15.8. The minimum Gasteiger partial charge on any atom is -0.508 e. The van der Waals surface area contributed by atoms with Gasteiger partial charge in [0.05, 0.1) is 10.8 Å². The minimum absolute atomic E-state index is 0.0759. The first kappa shape index (κ1) is 28.3. The fraction of sp³-hybridized carbons (Fsp3) is 0.611. The number of nitrogens with zero attached hydrogens (tertiary/aromatic N) is 1. The molecule has 5 nitrogen and oxygen atoms in total. The number of rotatable bonds is 3. The SMILES string of the molecule is CN(C)c1ccc2c(c1)[C@@]1(C)CCC[C@](C)(C(=O)NC(=O)[C@@]3(C)CCC[C@]4(C)c5cc(O)ccc5CC[C@@H]34)[C@@H]1CC2. The molecule has 0 unspecified atom stereocenters. The molecule has 41 heavy (non-hydrogen) atoms. The van der Waals surface area contributed by atoms with E-state index in [1.54, 1.807) is 6.07 Å². The molecule has 2 aromatic carbocycles. The van der Waals surface area contributed by atoms with Crippen LogP contribution in [-0.4, -0.2) is 31.0 Å². The lowest BCUT2D eigenvalue weighted by Gasteiger charge is -2.56. The number of carbonyl (C=O) groups excluding carboxylic acids is 2. The van der Waals surface area contributed by atoms with Crippen molar-refractivity contribution >= 4 is 17.5 Å². The van der Waals surface area contributed by atoms with Gasteiger partial charge in [0.1, 0.15) is 5.75 Å². The Bertz CT molecular complexity index is 1400. The van der Waals surface area contributed by atoms with Gasteiger partial charge in [0.15, 0.2) is 0 Å². The third kappa shape index (κ3) is 4.16. The first-order valence-electron chi connectivity index (χ1n) is 15.8. The number of imide groups is 1. The lowest BCUT2D eigenvalue weighted by molar-refractivity contribution is -0.150. The van der Waals surface area contributed by atoms with Crippen LogP contribution < -0.4 is 10.2 Å². The Balaban J connectivity index is 1.28. The standard InChI is InChI=1S/C36H48N2O3/c1-33-17-7-19-35(3,29(33)15-11-23-9-13-25(38(5)6)21-27(23)33)31(40)37-32(41)36(4)20-8-18-34(2)28-22-26(39)14-10-24(28)12-16-30(34)36/h9-10,13-14,21-22,29-30,39H,7-8,11-12,15-20H2,1-6H3,(H,37,40,41)/t29-,30-,33-,34-,35+,36+/m1/s1. The zero-order chi connectivity index (χ0) is 29.4. The Hall–Kier alpha value is -2.82. The second-order valence-corrected chi connectivity index (χ2v) is 14.9. The molecule has 2 amide bonds. The van der Waals surface area contributed by atoms with E-state index in [1.807, 2.05) is 12.1 Å². The van der Waals surface area contributed by atoms with Gasteiger partial charge in [-0.25, -0.2) is 0 Å². The summed E-state index contributed by atoms with van der Waals surface area (Å²) in [5.74, 6) is 0.434. The lowest BCUT2D eigenvalue weighted by Crippen LogP contribution is -2.60. The molecule has 4 aliphatic rings. The van der Waals surface area contributed by atoms with Crippen LogP contribution >= 0.6 is 0 Å². The maximum atomic E-state index is 14.3. The van der Waals surface area contributed by atoms with Crippen LogP contribution in [0.3, 0.4) is 0 Å². The zero-order valence-corrected chi connectivity index (χ0v) is 25.9. The van der Waals surface area contributed by atoms with Crippen molar-refractivity contribution in [1.82, 2.24) is 5.32 Å².